The molecule has 0 saturated heterocycles. The van der Waals surface area contributed by atoms with Crippen molar-refractivity contribution in [2.45, 2.75) is 20.4 Å². The fraction of sp³-hybridized carbons (Fsp3) is 0.375. The Bertz CT molecular complexity index is 474. The Labute approximate surface area is 90.6 Å². The largest absolute Gasteiger partial charge is 0.238 e. The summed E-state index contributed by atoms with van der Waals surface area (Å²) >= 11 is 6.77. The molecular weight excluding hydrogens is 216 g/mol. The van der Waals surface area contributed by atoms with Crippen LogP contribution in [0, 0.1) is 18.6 Å². The van der Waals surface area contributed by atoms with E-state index in [1.807, 2.05) is 0 Å². The van der Waals surface area contributed by atoms with E-state index in [9.17, 15) is 0 Å². The Morgan fingerprint density at radius 2 is 2.36 bits per heavy atom. The van der Waals surface area contributed by atoms with Crippen LogP contribution >= 0.6 is 23.6 Å². The minimum Gasteiger partial charge on any atom is -0.237 e. The van der Waals surface area contributed by atoms with Gasteiger partial charge in [0.25, 0.3) is 0 Å². The Balaban J connectivity index is 2.27. The molecule has 0 aliphatic carbocycles. The highest BCUT2D eigenvalue weighted by atomic mass is 32.1. The second-order valence-electron chi connectivity index (χ2n) is 3.12. The van der Waals surface area contributed by atoms with Crippen LogP contribution in [0.4, 0.5) is 0 Å². The number of aromatic nitrogens is 4. The van der Waals surface area contributed by atoms with E-state index in [4.69, 9.17) is 12.2 Å². The highest BCUT2D eigenvalue weighted by Gasteiger charge is 2.03. The molecule has 0 amide bonds. The van der Waals surface area contributed by atoms with Gasteiger partial charge in [-0.3, -0.25) is 0 Å². The zero-order chi connectivity index (χ0) is 10.1. The lowest BCUT2D eigenvalue weighted by Gasteiger charge is -1.95. The number of H-pyrrole nitrogens is 1. The molecule has 6 heteroatoms. The van der Waals surface area contributed by atoms with Crippen molar-refractivity contribution in [1.29, 1.82) is 0 Å². The van der Waals surface area contributed by atoms with E-state index >= 15 is 0 Å². The second kappa shape index (κ2) is 3.62. The lowest BCUT2D eigenvalue weighted by atomic mass is 10.3. The first kappa shape index (κ1) is 9.54. The summed E-state index contributed by atoms with van der Waals surface area (Å²) < 4.78 is 2.24. The predicted octanol–water partition coefficient (Wildman–Crippen LogP) is 2.06. The number of hydrogen-bond donors (Lipinski definition) is 1. The van der Waals surface area contributed by atoms with E-state index in [2.05, 4.69) is 35.4 Å². The lowest BCUT2D eigenvalue weighted by Crippen LogP contribution is -2.00. The molecule has 0 aromatic carbocycles. The summed E-state index contributed by atoms with van der Waals surface area (Å²) in [6.45, 7) is 4.96. The summed E-state index contributed by atoms with van der Waals surface area (Å²) in [5.74, 6) is 0. The number of nitrogens with zero attached hydrogens (tertiary/aromatic N) is 3. The third-order valence-corrected chi connectivity index (χ3v) is 3.50. The van der Waals surface area contributed by atoms with Crippen molar-refractivity contribution in [1.82, 2.24) is 20.2 Å². The third kappa shape index (κ3) is 1.76. The molecular formula is C8H10N4S2. The van der Waals surface area contributed by atoms with Gasteiger partial charge in [0.05, 0.1) is 6.54 Å². The lowest BCUT2D eigenvalue weighted by molar-refractivity contribution is 0.648. The molecule has 14 heavy (non-hydrogen) atoms. The SMILES string of the molecule is Cc1cc(Cn2[nH]nnc2=S)sc1C. The van der Waals surface area contributed by atoms with Crippen LogP contribution in [0.1, 0.15) is 15.3 Å². The Kier molecular flexibility index (Phi) is 2.47. The average Bonchev–Trinajstić information content (AvgIpc) is 2.63. The summed E-state index contributed by atoms with van der Waals surface area (Å²) in [4.78, 5) is 2.61. The standard InChI is InChI=1S/C8H10N4S2/c1-5-3-7(14-6(5)2)4-12-8(13)9-10-11-12/h3H,4H2,1-2H3,(H,9,11,13). The molecule has 4 nitrogen and oxygen atoms in total. The normalized spacial score (nSPS) is 10.7. The van der Waals surface area contributed by atoms with Gasteiger partial charge in [0, 0.05) is 9.75 Å². The Morgan fingerprint density at radius 1 is 1.57 bits per heavy atom. The van der Waals surface area contributed by atoms with Crippen LogP contribution in [0.25, 0.3) is 0 Å². The summed E-state index contributed by atoms with van der Waals surface area (Å²) in [5.41, 5.74) is 1.32. The highest BCUT2D eigenvalue weighted by Crippen LogP contribution is 2.20. The molecule has 0 aliphatic heterocycles. The monoisotopic (exact) mass is 226 g/mol. The minimum atomic E-state index is 0.494. The van der Waals surface area contributed by atoms with Crippen molar-refractivity contribution in [2.24, 2.45) is 0 Å². The van der Waals surface area contributed by atoms with E-state index in [0.29, 0.717) is 4.77 Å². The maximum atomic E-state index is 4.99. The van der Waals surface area contributed by atoms with Crippen LogP contribution in [0.15, 0.2) is 6.07 Å². The summed E-state index contributed by atoms with van der Waals surface area (Å²) in [6, 6.07) is 2.17. The molecule has 0 aliphatic rings. The molecule has 1 N–H and O–H groups in total. The Hall–Kier alpha value is -1.01. The molecule has 2 aromatic rings. The van der Waals surface area contributed by atoms with Crippen LogP contribution in [-0.4, -0.2) is 20.2 Å². The van der Waals surface area contributed by atoms with E-state index < -0.39 is 0 Å². The van der Waals surface area contributed by atoms with Gasteiger partial charge in [-0.2, -0.15) is 5.21 Å². The molecule has 2 heterocycles. The number of thiophene rings is 1. The van der Waals surface area contributed by atoms with E-state index in [1.165, 1.54) is 15.3 Å². The van der Waals surface area contributed by atoms with E-state index in [-0.39, 0.29) is 0 Å². The zero-order valence-corrected chi connectivity index (χ0v) is 9.58. The van der Waals surface area contributed by atoms with Gasteiger partial charge in [-0.05, 0) is 37.7 Å². The summed E-state index contributed by atoms with van der Waals surface area (Å²) in [5, 5.41) is 10.1. The maximum absolute atomic E-state index is 4.99. The highest BCUT2D eigenvalue weighted by molar-refractivity contribution is 7.71. The third-order valence-electron chi connectivity index (χ3n) is 2.06. The topological polar surface area (TPSA) is 46.5 Å². The van der Waals surface area contributed by atoms with Crippen molar-refractivity contribution in [3.8, 4) is 0 Å². The average molecular weight is 226 g/mol. The fourth-order valence-corrected chi connectivity index (χ4v) is 2.39. The number of aryl methyl sites for hydroxylation is 2. The fourth-order valence-electron chi connectivity index (χ4n) is 1.20. The van der Waals surface area contributed by atoms with Crippen LogP contribution in [-0.2, 0) is 6.54 Å². The van der Waals surface area contributed by atoms with Crippen LogP contribution < -0.4 is 0 Å². The quantitative estimate of drug-likeness (QED) is 0.797. The molecule has 0 spiro atoms. The van der Waals surface area contributed by atoms with Crippen LogP contribution in [0.5, 0.6) is 0 Å². The van der Waals surface area contributed by atoms with Crippen LogP contribution in [0.3, 0.4) is 0 Å². The first-order chi connectivity index (χ1) is 6.66. The van der Waals surface area contributed by atoms with Gasteiger partial charge < -0.3 is 0 Å². The number of hydrogen-bond acceptors (Lipinski definition) is 4. The molecule has 0 radical (unpaired) electrons. The van der Waals surface area contributed by atoms with Gasteiger partial charge in [0.2, 0.25) is 4.77 Å². The van der Waals surface area contributed by atoms with Gasteiger partial charge in [0.1, 0.15) is 0 Å². The molecule has 0 atom stereocenters. The van der Waals surface area contributed by atoms with Crippen molar-refractivity contribution >= 4 is 23.6 Å². The zero-order valence-electron chi connectivity index (χ0n) is 7.94. The van der Waals surface area contributed by atoms with Gasteiger partial charge in [0.15, 0.2) is 0 Å². The van der Waals surface area contributed by atoms with Crippen LogP contribution in [0.2, 0.25) is 0 Å². The van der Waals surface area contributed by atoms with E-state index in [0.717, 1.165) is 6.54 Å². The van der Waals surface area contributed by atoms with Crippen molar-refractivity contribution in [3.05, 3.63) is 26.2 Å². The number of aromatic amines is 1. The molecule has 2 aromatic heterocycles. The Morgan fingerprint density at radius 3 is 2.86 bits per heavy atom. The van der Waals surface area contributed by atoms with Gasteiger partial charge in [-0.15, -0.1) is 11.3 Å². The number of rotatable bonds is 2. The molecule has 0 bridgehead atoms. The van der Waals surface area contributed by atoms with E-state index in [1.54, 1.807) is 16.0 Å². The van der Waals surface area contributed by atoms with Gasteiger partial charge >= 0.3 is 0 Å². The molecule has 0 unspecified atom stereocenters. The maximum Gasteiger partial charge on any atom is 0.238 e. The molecule has 2 rings (SSSR count). The minimum absolute atomic E-state index is 0.494. The summed E-state index contributed by atoms with van der Waals surface area (Å²) in [6.07, 6.45) is 0. The second-order valence-corrected chi connectivity index (χ2v) is 4.83. The van der Waals surface area contributed by atoms with Crippen molar-refractivity contribution in [2.75, 3.05) is 0 Å². The summed E-state index contributed by atoms with van der Waals surface area (Å²) in [7, 11) is 0. The molecule has 0 fully saturated rings. The molecule has 74 valence electrons. The van der Waals surface area contributed by atoms with Crippen molar-refractivity contribution < 1.29 is 0 Å². The number of nitrogens with one attached hydrogen (secondary N) is 1. The van der Waals surface area contributed by atoms with Gasteiger partial charge in [-0.25, -0.2) is 4.68 Å². The molecule has 0 saturated carbocycles. The predicted molar refractivity (Wildman–Crippen MR) is 58.1 cm³/mol. The first-order valence-electron chi connectivity index (χ1n) is 4.20. The number of tetrazole rings is 1. The smallest absolute Gasteiger partial charge is 0.237 e. The first-order valence-corrected chi connectivity index (χ1v) is 5.43. The van der Waals surface area contributed by atoms with Gasteiger partial charge in [-0.1, -0.05) is 10.3 Å². The van der Waals surface area contributed by atoms with Crippen molar-refractivity contribution in [3.63, 3.8) is 0 Å².